The van der Waals surface area contributed by atoms with E-state index in [9.17, 15) is 0 Å². The molecule has 0 saturated carbocycles. The van der Waals surface area contributed by atoms with Crippen molar-refractivity contribution in [3.63, 3.8) is 0 Å². The van der Waals surface area contributed by atoms with E-state index in [1.807, 2.05) is 6.33 Å². The summed E-state index contributed by atoms with van der Waals surface area (Å²) in [5.41, 5.74) is 2.97. The van der Waals surface area contributed by atoms with Gasteiger partial charge in [0.25, 0.3) is 0 Å². The summed E-state index contributed by atoms with van der Waals surface area (Å²) in [4.78, 5) is 7.98. The Morgan fingerprint density at radius 1 is 1.00 bits per heavy atom. The molecule has 1 aromatic rings. The predicted molar refractivity (Wildman–Crippen MR) is 74.5 cm³/mol. The number of rotatable bonds is 6. The Balaban J connectivity index is 3.08. The van der Waals surface area contributed by atoms with Gasteiger partial charge in [-0.15, -0.1) is 0 Å². The second kappa shape index (κ2) is 5.24. The quantitative estimate of drug-likeness (QED) is 0.770. The molecular formula is C15H28N2. The first kappa shape index (κ1) is 14.3. The molecule has 0 amide bonds. The number of aromatic amines is 1. The Bertz CT molecular complexity index is 315. The summed E-state index contributed by atoms with van der Waals surface area (Å²) < 4.78 is 0. The Labute approximate surface area is 106 Å². The van der Waals surface area contributed by atoms with Crippen molar-refractivity contribution >= 4 is 0 Å². The van der Waals surface area contributed by atoms with Crippen molar-refractivity contribution in [2.75, 3.05) is 0 Å². The molecule has 0 fully saturated rings. The maximum atomic E-state index is 4.60. The smallest absolute Gasteiger partial charge is 0.0925 e. The van der Waals surface area contributed by atoms with Crippen LogP contribution in [0.1, 0.15) is 78.6 Å². The van der Waals surface area contributed by atoms with Crippen LogP contribution in [-0.4, -0.2) is 9.97 Å². The lowest BCUT2D eigenvalue weighted by Crippen LogP contribution is -2.26. The van der Waals surface area contributed by atoms with Gasteiger partial charge in [-0.25, -0.2) is 4.98 Å². The SMILES string of the molecule is CCCC(C)(C)c1nc[nH]c1C(C)(C)CCC. The number of hydrogen-bond donors (Lipinski definition) is 1. The third-order valence-electron chi connectivity index (χ3n) is 3.71. The molecule has 0 spiro atoms. The molecule has 1 aromatic heterocycles. The fourth-order valence-electron chi connectivity index (χ4n) is 2.82. The molecule has 2 heteroatoms. The summed E-state index contributed by atoms with van der Waals surface area (Å²) in [7, 11) is 0. The van der Waals surface area contributed by atoms with E-state index in [2.05, 4.69) is 51.5 Å². The molecule has 0 aliphatic carbocycles. The molecular weight excluding hydrogens is 208 g/mol. The molecule has 0 atom stereocenters. The van der Waals surface area contributed by atoms with Gasteiger partial charge in [-0.05, 0) is 12.8 Å². The van der Waals surface area contributed by atoms with Gasteiger partial charge >= 0.3 is 0 Å². The van der Waals surface area contributed by atoms with Crippen LogP contribution in [0.25, 0.3) is 0 Å². The lowest BCUT2D eigenvalue weighted by molar-refractivity contribution is 0.415. The third-order valence-corrected chi connectivity index (χ3v) is 3.71. The second-order valence-electron chi connectivity index (χ2n) is 6.39. The van der Waals surface area contributed by atoms with Gasteiger partial charge in [-0.3, -0.25) is 0 Å². The summed E-state index contributed by atoms with van der Waals surface area (Å²) in [5.74, 6) is 0. The first-order valence-electron chi connectivity index (χ1n) is 6.89. The normalized spacial score (nSPS) is 13.1. The topological polar surface area (TPSA) is 28.7 Å². The highest BCUT2D eigenvalue weighted by Gasteiger charge is 2.32. The van der Waals surface area contributed by atoms with Crippen molar-refractivity contribution in [2.24, 2.45) is 0 Å². The zero-order chi connectivity index (χ0) is 13.1. The van der Waals surface area contributed by atoms with Gasteiger partial charge in [-0.1, -0.05) is 54.4 Å². The Morgan fingerprint density at radius 2 is 1.53 bits per heavy atom. The maximum Gasteiger partial charge on any atom is 0.0925 e. The van der Waals surface area contributed by atoms with Gasteiger partial charge in [0.2, 0.25) is 0 Å². The van der Waals surface area contributed by atoms with Crippen molar-refractivity contribution in [1.29, 1.82) is 0 Å². The molecule has 1 heterocycles. The average molecular weight is 236 g/mol. The van der Waals surface area contributed by atoms with Crippen LogP contribution in [0.5, 0.6) is 0 Å². The Morgan fingerprint density at radius 3 is 2.06 bits per heavy atom. The molecule has 1 rings (SSSR count). The fourth-order valence-corrected chi connectivity index (χ4v) is 2.82. The maximum absolute atomic E-state index is 4.60. The summed E-state index contributed by atoms with van der Waals surface area (Å²) in [6.07, 6.45) is 6.66. The molecule has 0 unspecified atom stereocenters. The van der Waals surface area contributed by atoms with E-state index in [4.69, 9.17) is 0 Å². The summed E-state index contributed by atoms with van der Waals surface area (Å²) in [6.45, 7) is 13.7. The van der Waals surface area contributed by atoms with Crippen LogP contribution in [0.2, 0.25) is 0 Å². The van der Waals surface area contributed by atoms with Crippen molar-refractivity contribution < 1.29 is 0 Å². The fraction of sp³-hybridized carbons (Fsp3) is 0.800. The van der Waals surface area contributed by atoms with Gasteiger partial charge in [0, 0.05) is 16.5 Å². The molecule has 17 heavy (non-hydrogen) atoms. The molecule has 1 N–H and O–H groups in total. The molecule has 0 aliphatic rings. The van der Waals surface area contributed by atoms with Crippen LogP contribution in [0.4, 0.5) is 0 Å². The molecule has 98 valence electrons. The second-order valence-corrected chi connectivity index (χ2v) is 6.39. The standard InChI is InChI=1S/C15H28N2/c1-7-9-14(3,4)12-13(17-11-16-12)15(5,6)10-8-2/h11H,7-10H2,1-6H3,(H,16,17). The first-order chi connectivity index (χ1) is 7.85. The van der Waals surface area contributed by atoms with E-state index >= 15 is 0 Å². The van der Waals surface area contributed by atoms with Gasteiger partial charge < -0.3 is 4.98 Å². The van der Waals surface area contributed by atoms with Gasteiger partial charge in [0.05, 0.1) is 12.0 Å². The molecule has 0 aromatic carbocycles. The highest BCUT2D eigenvalue weighted by Crippen LogP contribution is 2.36. The number of H-pyrrole nitrogens is 1. The van der Waals surface area contributed by atoms with Crippen LogP contribution in [-0.2, 0) is 10.8 Å². The monoisotopic (exact) mass is 236 g/mol. The summed E-state index contributed by atoms with van der Waals surface area (Å²) >= 11 is 0. The minimum Gasteiger partial charge on any atom is -0.348 e. The third kappa shape index (κ3) is 3.11. The van der Waals surface area contributed by atoms with Crippen LogP contribution in [0.3, 0.4) is 0 Å². The number of hydrogen-bond acceptors (Lipinski definition) is 1. The van der Waals surface area contributed by atoms with Gasteiger partial charge in [0.1, 0.15) is 0 Å². The summed E-state index contributed by atoms with van der Waals surface area (Å²) in [6, 6.07) is 0. The van der Waals surface area contributed by atoms with E-state index in [-0.39, 0.29) is 10.8 Å². The molecule has 2 nitrogen and oxygen atoms in total. The highest BCUT2D eigenvalue weighted by molar-refractivity contribution is 5.27. The van der Waals surface area contributed by atoms with Crippen LogP contribution >= 0.6 is 0 Å². The molecule has 0 radical (unpaired) electrons. The predicted octanol–water partition coefficient (Wildman–Crippen LogP) is 4.57. The minimum absolute atomic E-state index is 0.176. The largest absolute Gasteiger partial charge is 0.348 e. The average Bonchev–Trinajstić information content (AvgIpc) is 2.66. The molecule has 0 saturated heterocycles. The number of nitrogens with zero attached hydrogens (tertiary/aromatic N) is 1. The summed E-state index contributed by atoms with van der Waals surface area (Å²) in [5, 5.41) is 0. The lowest BCUT2D eigenvalue weighted by atomic mass is 9.76. The van der Waals surface area contributed by atoms with Crippen LogP contribution in [0.15, 0.2) is 6.33 Å². The van der Waals surface area contributed by atoms with Crippen molar-refractivity contribution in [3.8, 4) is 0 Å². The molecule has 0 bridgehead atoms. The zero-order valence-corrected chi connectivity index (χ0v) is 12.4. The number of nitrogens with one attached hydrogen (secondary N) is 1. The Kier molecular flexibility index (Phi) is 4.40. The number of imidazole rings is 1. The number of aromatic nitrogens is 2. The zero-order valence-electron chi connectivity index (χ0n) is 12.4. The van der Waals surface area contributed by atoms with E-state index in [1.165, 1.54) is 37.1 Å². The van der Waals surface area contributed by atoms with E-state index in [0.29, 0.717) is 0 Å². The first-order valence-corrected chi connectivity index (χ1v) is 6.89. The molecule has 0 aliphatic heterocycles. The lowest BCUT2D eigenvalue weighted by Gasteiger charge is -2.30. The van der Waals surface area contributed by atoms with Crippen molar-refractivity contribution in [1.82, 2.24) is 9.97 Å². The van der Waals surface area contributed by atoms with Crippen molar-refractivity contribution in [3.05, 3.63) is 17.7 Å². The van der Waals surface area contributed by atoms with E-state index in [1.54, 1.807) is 0 Å². The van der Waals surface area contributed by atoms with Crippen LogP contribution in [0, 0.1) is 0 Å². The van der Waals surface area contributed by atoms with Gasteiger partial charge in [-0.2, -0.15) is 0 Å². The van der Waals surface area contributed by atoms with Gasteiger partial charge in [0.15, 0.2) is 0 Å². The Hall–Kier alpha value is -0.790. The van der Waals surface area contributed by atoms with E-state index < -0.39 is 0 Å². The van der Waals surface area contributed by atoms with Crippen LogP contribution < -0.4 is 0 Å². The van der Waals surface area contributed by atoms with Crippen molar-refractivity contribution in [2.45, 2.75) is 78.1 Å². The highest BCUT2D eigenvalue weighted by atomic mass is 14.9. The van der Waals surface area contributed by atoms with E-state index in [0.717, 1.165) is 0 Å². The minimum atomic E-state index is 0.176.